The molecule has 0 aliphatic heterocycles. The van der Waals surface area contributed by atoms with Crippen LogP contribution < -0.4 is 0 Å². The number of halogens is 1. The van der Waals surface area contributed by atoms with Crippen LogP contribution in [0.3, 0.4) is 0 Å². The maximum absolute atomic E-state index is 5.75. The van der Waals surface area contributed by atoms with Crippen molar-refractivity contribution < 1.29 is 4.42 Å². The number of rotatable bonds is 3. The van der Waals surface area contributed by atoms with Gasteiger partial charge in [0.2, 0.25) is 0 Å². The highest BCUT2D eigenvalue weighted by atomic mass is 35.5. The molecule has 1 aromatic heterocycles. The zero-order chi connectivity index (χ0) is 11.2. The fourth-order valence-electron chi connectivity index (χ4n) is 1.10. The summed E-state index contributed by atoms with van der Waals surface area (Å²) in [7, 11) is 0. The third-order valence-corrected chi connectivity index (χ3v) is 2.12. The maximum atomic E-state index is 5.75. The molecule has 0 unspecified atom stereocenters. The average molecular weight is 233 g/mol. The molecular weight excluding hydrogens is 224 g/mol. The van der Waals surface area contributed by atoms with E-state index in [-0.39, 0.29) is 0 Å². The molecule has 0 N–H and O–H groups in total. The fourth-order valence-corrected chi connectivity index (χ4v) is 1.23. The Balaban J connectivity index is 1.97. The molecular formula is C12H9ClN2O. The molecule has 0 fully saturated rings. The smallest absolute Gasteiger partial charge is 0.146 e. The maximum Gasteiger partial charge on any atom is 0.146 e. The fraction of sp³-hybridized carbons (Fsp3) is 0. The van der Waals surface area contributed by atoms with Crippen LogP contribution >= 0.6 is 11.6 Å². The molecule has 0 aliphatic carbocycles. The van der Waals surface area contributed by atoms with E-state index in [1.807, 2.05) is 12.1 Å². The minimum absolute atomic E-state index is 0.674. The minimum Gasteiger partial charge on any atom is -0.463 e. The van der Waals surface area contributed by atoms with Crippen molar-refractivity contribution in [3.8, 4) is 0 Å². The van der Waals surface area contributed by atoms with Crippen molar-refractivity contribution in [2.75, 3.05) is 0 Å². The summed E-state index contributed by atoms with van der Waals surface area (Å²) in [6.07, 6.45) is 4.78. The Bertz CT molecular complexity index is 486. The van der Waals surface area contributed by atoms with E-state index in [4.69, 9.17) is 16.0 Å². The lowest BCUT2D eigenvalue weighted by molar-refractivity contribution is 0.560. The number of furan rings is 1. The molecule has 3 nitrogen and oxygen atoms in total. The molecule has 0 saturated carbocycles. The van der Waals surface area contributed by atoms with Crippen LogP contribution in [0.5, 0.6) is 0 Å². The second-order valence-electron chi connectivity index (χ2n) is 3.06. The first-order valence-electron chi connectivity index (χ1n) is 4.70. The standard InChI is InChI=1S/C12H9ClN2O/c13-11-5-3-10(4-6-11)8-14-15-9-12-2-1-7-16-12/h1-9H/b14-8+,15-9+. The van der Waals surface area contributed by atoms with Crippen molar-refractivity contribution >= 4 is 24.0 Å². The van der Waals surface area contributed by atoms with Crippen LogP contribution in [0.1, 0.15) is 11.3 Å². The van der Waals surface area contributed by atoms with E-state index in [0.29, 0.717) is 10.8 Å². The highest BCUT2D eigenvalue weighted by molar-refractivity contribution is 6.30. The first-order chi connectivity index (χ1) is 7.84. The molecule has 2 rings (SSSR count). The van der Waals surface area contributed by atoms with Gasteiger partial charge in [-0.1, -0.05) is 23.7 Å². The second kappa shape index (κ2) is 5.28. The van der Waals surface area contributed by atoms with Gasteiger partial charge in [-0.15, -0.1) is 0 Å². The van der Waals surface area contributed by atoms with Gasteiger partial charge in [-0.3, -0.25) is 0 Å². The Labute approximate surface area is 98.1 Å². The van der Waals surface area contributed by atoms with Gasteiger partial charge in [0.15, 0.2) is 0 Å². The van der Waals surface area contributed by atoms with Gasteiger partial charge in [-0.2, -0.15) is 10.2 Å². The van der Waals surface area contributed by atoms with Crippen LogP contribution in [0.4, 0.5) is 0 Å². The van der Waals surface area contributed by atoms with E-state index in [1.54, 1.807) is 43.0 Å². The summed E-state index contributed by atoms with van der Waals surface area (Å²) in [4.78, 5) is 0. The van der Waals surface area contributed by atoms with Gasteiger partial charge in [-0.25, -0.2) is 0 Å². The minimum atomic E-state index is 0.674. The molecule has 0 amide bonds. The summed E-state index contributed by atoms with van der Waals surface area (Å²) in [5.41, 5.74) is 0.945. The summed E-state index contributed by atoms with van der Waals surface area (Å²) >= 11 is 5.75. The van der Waals surface area contributed by atoms with Crippen molar-refractivity contribution in [1.82, 2.24) is 0 Å². The van der Waals surface area contributed by atoms with Crippen molar-refractivity contribution in [2.24, 2.45) is 10.2 Å². The van der Waals surface area contributed by atoms with E-state index in [1.165, 1.54) is 0 Å². The SMILES string of the molecule is Clc1ccc(/C=N/N=C/c2ccco2)cc1. The lowest BCUT2D eigenvalue weighted by Crippen LogP contribution is -1.79. The van der Waals surface area contributed by atoms with Crippen LogP contribution in [0, 0.1) is 0 Å². The number of nitrogens with zero attached hydrogens (tertiary/aromatic N) is 2. The van der Waals surface area contributed by atoms with Crippen LogP contribution in [0.2, 0.25) is 5.02 Å². The monoisotopic (exact) mass is 232 g/mol. The molecule has 0 radical (unpaired) electrons. The molecule has 4 heteroatoms. The van der Waals surface area contributed by atoms with Crippen molar-refractivity contribution in [3.63, 3.8) is 0 Å². The van der Waals surface area contributed by atoms with Crippen molar-refractivity contribution in [1.29, 1.82) is 0 Å². The lowest BCUT2D eigenvalue weighted by Gasteiger charge is -1.90. The predicted molar refractivity (Wildman–Crippen MR) is 65.3 cm³/mol. The second-order valence-corrected chi connectivity index (χ2v) is 3.49. The molecule has 80 valence electrons. The van der Waals surface area contributed by atoms with E-state index < -0.39 is 0 Å². The number of hydrogen-bond acceptors (Lipinski definition) is 3. The zero-order valence-electron chi connectivity index (χ0n) is 8.38. The van der Waals surface area contributed by atoms with Crippen LogP contribution in [0.25, 0.3) is 0 Å². The first kappa shape index (κ1) is 10.6. The van der Waals surface area contributed by atoms with Gasteiger partial charge in [0.05, 0.1) is 18.7 Å². The van der Waals surface area contributed by atoms with Crippen molar-refractivity contribution in [3.05, 3.63) is 59.0 Å². The van der Waals surface area contributed by atoms with Gasteiger partial charge >= 0.3 is 0 Å². The van der Waals surface area contributed by atoms with E-state index in [9.17, 15) is 0 Å². The van der Waals surface area contributed by atoms with Gasteiger partial charge in [-0.05, 0) is 29.8 Å². The predicted octanol–water partition coefficient (Wildman–Crippen LogP) is 3.39. The third-order valence-electron chi connectivity index (χ3n) is 1.87. The largest absolute Gasteiger partial charge is 0.463 e. The number of hydrogen-bond donors (Lipinski definition) is 0. The van der Waals surface area contributed by atoms with E-state index in [2.05, 4.69) is 10.2 Å². The Morgan fingerprint density at radius 3 is 2.44 bits per heavy atom. The van der Waals surface area contributed by atoms with Crippen LogP contribution in [-0.2, 0) is 0 Å². The lowest BCUT2D eigenvalue weighted by atomic mass is 10.2. The van der Waals surface area contributed by atoms with E-state index >= 15 is 0 Å². The highest BCUT2D eigenvalue weighted by Crippen LogP contribution is 2.07. The topological polar surface area (TPSA) is 37.9 Å². The molecule has 0 bridgehead atoms. The molecule has 0 atom stereocenters. The molecule has 16 heavy (non-hydrogen) atoms. The van der Waals surface area contributed by atoms with Crippen LogP contribution in [-0.4, -0.2) is 12.4 Å². The summed E-state index contributed by atoms with van der Waals surface area (Å²) in [5, 5.41) is 8.44. The quantitative estimate of drug-likeness (QED) is 0.591. The molecule has 0 spiro atoms. The van der Waals surface area contributed by atoms with Gasteiger partial charge in [0.1, 0.15) is 5.76 Å². The van der Waals surface area contributed by atoms with Crippen molar-refractivity contribution in [2.45, 2.75) is 0 Å². The first-order valence-corrected chi connectivity index (χ1v) is 5.08. The van der Waals surface area contributed by atoms with Crippen LogP contribution in [0.15, 0.2) is 57.3 Å². The van der Waals surface area contributed by atoms with Gasteiger partial charge < -0.3 is 4.42 Å². The zero-order valence-corrected chi connectivity index (χ0v) is 9.13. The Kier molecular flexibility index (Phi) is 3.51. The third kappa shape index (κ3) is 3.07. The van der Waals surface area contributed by atoms with E-state index in [0.717, 1.165) is 5.56 Å². The molecule has 1 heterocycles. The summed E-state index contributed by atoms with van der Waals surface area (Å²) in [6, 6.07) is 11.0. The van der Waals surface area contributed by atoms with Gasteiger partial charge in [0.25, 0.3) is 0 Å². The Morgan fingerprint density at radius 2 is 1.75 bits per heavy atom. The molecule has 2 aromatic rings. The summed E-state index contributed by atoms with van der Waals surface area (Å²) in [6.45, 7) is 0. The van der Waals surface area contributed by atoms with Gasteiger partial charge in [0, 0.05) is 5.02 Å². The Morgan fingerprint density at radius 1 is 1.00 bits per heavy atom. The molecule has 0 saturated heterocycles. The molecule has 0 aliphatic rings. The molecule has 1 aromatic carbocycles. The normalized spacial score (nSPS) is 11.6. The summed E-state index contributed by atoms with van der Waals surface area (Å²) in [5.74, 6) is 0.674. The summed E-state index contributed by atoms with van der Waals surface area (Å²) < 4.78 is 5.06. The highest BCUT2D eigenvalue weighted by Gasteiger charge is 1.88. The number of benzene rings is 1. The average Bonchev–Trinajstić information content (AvgIpc) is 2.80. The Hall–Kier alpha value is -1.87.